The third kappa shape index (κ3) is 2.85. The lowest BCUT2D eigenvalue weighted by atomic mass is 10.2. The minimum atomic E-state index is -4.37. The van der Waals surface area contributed by atoms with E-state index in [1.807, 2.05) is 0 Å². The lowest BCUT2D eigenvalue weighted by Crippen LogP contribution is -2.04. The molecule has 3 aromatic rings. The highest BCUT2D eigenvalue weighted by atomic mass is 79.9. The van der Waals surface area contributed by atoms with Gasteiger partial charge in [-0.1, -0.05) is 0 Å². The van der Waals surface area contributed by atoms with Crippen molar-refractivity contribution in [2.45, 2.75) is 6.18 Å². The number of rotatable bonds is 2. The van der Waals surface area contributed by atoms with Crippen molar-refractivity contribution in [3.8, 4) is 11.6 Å². The van der Waals surface area contributed by atoms with E-state index in [0.717, 1.165) is 12.1 Å². The van der Waals surface area contributed by atoms with Gasteiger partial charge in [-0.3, -0.25) is 4.40 Å². The Bertz CT molecular complexity index is 783. The van der Waals surface area contributed by atoms with Crippen molar-refractivity contribution in [2.75, 3.05) is 0 Å². The van der Waals surface area contributed by atoms with Crippen LogP contribution in [0.3, 0.4) is 0 Å². The predicted octanol–water partition coefficient (Wildman–Crippen LogP) is 4.30. The van der Waals surface area contributed by atoms with Crippen molar-refractivity contribution in [2.24, 2.45) is 0 Å². The molecule has 0 unspecified atom stereocenters. The van der Waals surface area contributed by atoms with Crippen LogP contribution in [0, 0.1) is 0 Å². The number of fused-ring (bicyclic) bond motifs is 1. The summed E-state index contributed by atoms with van der Waals surface area (Å²) < 4.78 is 45.2. The van der Waals surface area contributed by atoms with Gasteiger partial charge in [-0.15, -0.1) is 0 Å². The molecule has 1 aromatic carbocycles. The molecule has 2 heterocycles. The molecule has 0 radical (unpaired) electrons. The van der Waals surface area contributed by atoms with Crippen LogP contribution in [0.25, 0.3) is 5.65 Å². The van der Waals surface area contributed by atoms with Crippen molar-refractivity contribution in [3.05, 3.63) is 53.0 Å². The Morgan fingerprint density at radius 3 is 2.52 bits per heavy atom. The number of aromatic nitrogens is 3. The molecular weight excluding hydrogens is 351 g/mol. The molecule has 2 aromatic heterocycles. The summed E-state index contributed by atoms with van der Waals surface area (Å²) in [6.45, 7) is 0. The van der Waals surface area contributed by atoms with E-state index in [1.165, 1.54) is 12.1 Å². The zero-order chi connectivity index (χ0) is 15.0. The summed E-state index contributed by atoms with van der Waals surface area (Å²) in [5.74, 6) is 0.452. The van der Waals surface area contributed by atoms with Crippen LogP contribution in [0.2, 0.25) is 0 Å². The molecule has 21 heavy (non-hydrogen) atoms. The maximum Gasteiger partial charge on any atom is 0.416 e. The predicted molar refractivity (Wildman–Crippen MR) is 72.2 cm³/mol. The summed E-state index contributed by atoms with van der Waals surface area (Å²) in [5, 5.41) is 0. The first-order valence-electron chi connectivity index (χ1n) is 5.78. The Kier molecular flexibility index (Phi) is 3.32. The summed E-state index contributed by atoms with van der Waals surface area (Å²) in [4.78, 5) is 8.22. The van der Waals surface area contributed by atoms with Crippen LogP contribution in [0.1, 0.15) is 5.56 Å². The molecule has 4 nitrogen and oxygen atoms in total. The first kappa shape index (κ1) is 13.9. The van der Waals surface area contributed by atoms with Crippen LogP contribution >= 0.6 is 15.9 Å². The summed E-state index contributed by atoms with van der Waals surface area (Å²) in [5.41, 5.74) is -0.263. The smallest absolute Gasteiger partial charge is 0.416 e. The number of imidazole rings is 1. The highest BCUT2D eigenvalue weighted by Gasteiger charge is 2.30. The van der Waals surface area contributed by atoms with E-state index in [9.17, 15) is 13.2 Å². The highest BCUT2D eigenvalue weighted by molar-refractivity contribution is 9.10. The third-order valence-electron chi connectivity index (χ3n) is 2.71. The fourth-order valence-corrected chi connectivity index (χ4v) is 2.15. The Hall–Kier alpha value is -2.09. The molecule has 108 valence electrons. The minimum absolute atomic E-state index is 0.203. The lowest BCUT2D eigenvalue weighted by Gasteiger charge is -2.09. The highest BCUT2D eigenvalue weighted by Crippen LogP contribution is 2.31. The van der Waals surface area contributed by atoms with Crippen molar-refractivity contribution in [1.82, 2.24) is 14.4 Å². The molecule has 0 aliphatic heterocycles. The van der Waals surface area contributed by atoms with Gasteiger partial charge in [0.25, 0.3) is 5.88 Å². The second-order valence-corrected chi connectivity index (χ2v) is 4.96. The molecule has 8 heteroatoms. The van der Waals surface area contributed by atoms with E-state index >= 15 is 0 Å². The quantitative estimate of drug-likeness (QED) is 0.686. The number of halogens is 4. The normalized spacial score (nSPS) is 11.8. The monoisotopic (exact) mass is 357 g/mol. The molecule has 0 saturated heterocycles. The largest absolute Gasteiger partial charge is 0.436 e. The number of hydrogen-bond acceptors (Lipinski definition) is 3. The molecule has 0 saturated carbocycles. The second kappa shape index (κ2) is 5.03. The van der Waals surface area contributed by atoms with Crippen LogP contribution in [0.5, 0.6) is 11.6 Å². The second-order valence-electron chi connectivity index (χ2n) is 4.15. The first-order valence-corrected chi connectivity index (χ1v) is 6.57. The Morgan fingerprint density at radius 1 is 1.14 bits per heavy atom. The van der Waals surface area contributed by atoms with Crippen LogP contribution in [-0.2, 0) is 6.18 Å². The van der Waals surface area contributed by atoms with Gasteiger partial charge in [0.05, 0.1) is 5.56 Å². The summed E-state index contributed by atoms with van der Waals surface area (Å²) in [7, 11) is 0. The van der Waals surface area contributed by atoms with Crippen molar-refractivity contribution >= 4 is 21.6 Å². The van der Waals surface area contributed by atoms with Crippen molar-refractivity contribution in [3.63, 3.8) is 0 Å². The van der Waals surface area contributed by atoms with Gasteiger partial charge in [0.1, 0.15) is 10.4 Å². The Balaban J connectivity index is 1.93. The van der Waals surface area contributed by atoms with Gasteiger partial charge in [0.15, 0.2) is 0 Å². The number of hydrogen-bond donors (Lipinski definition) is 0. The van der Waals surface area contributed by atoms with Crippen LogP contribution < -0.4 is 4.74 Å². The fourth-order valence-electron chi connectivity index (χ4n) is 1.77. The van der Waals surface area contributed by atoms with Gasteiger partial charge in [-0.2, -0.15) is 13.2 Å². The van der Waals surface area contributed by atoms with Crippen molar-refractivity contribution in [1.29, 1.82) is 0 Å². The SMILES string of the molecule is FC(F)(F)c1ccc(Oc2nc(Br)cn3ccnc23)cc1. The first-order chi connectivity index (χ1) is 9.93. The number of ether oxygens (including phenoxy) is 1. The van der Waals surface area contributed by atoms with Gasteiger partial charge in [0.2, 0.25) is 5.65 Å². The lowest BCUT2D eigenvalue weighted by molar-refractivity contribution is -0.137. The van der Waals surface area contributed by atoms with Gasteiger partial charge < -0.3 is 4.74 Å². The van der Waals surface area contributed by atoms with Crippen molar-refractivity contribution < 1.29 is 17.9 Å². The van der Waals surface area contributed by atoms with E-state index in [0.29, 0.717) is 10.3 Å². The van der Waals surface area contributed by atoms with Crippen LogP contribution in [0.4, 0.5) is 13.2 Å². The van der Waals surface area contributed by atoms with E-state index in [2.05, 4.69) is 25.9 Å². The summed E-state index contributed by atoms with van der Waals surface area (Å²) in [6, 6.07) is 4.39. The standard InChI is InChI=1S/C13H7BrF3N3O/c14-10-7-20-6-5-18-11(20)12(19-10)21-9-3-1-8(2-4-9)13(15,16)17/h1-7H. The van der Waals surface area contributed by atoms with E-state index < -0.39 is 11.7 Å². The molecule has 0 fully saturated rings. The maximum atomic E-state index is 12.5. The molecule has 0 aliphatic rings. The molecule has 0 bridgehead atoms. The molecule has 0 spiro atoms. The molecule has 3 rings (SSSR count). The third-order valence-corrected chi connectivity index (χ3v) is 3.09. The number of nitrogens with zero attached hydrogens (tertiary/aromatic N) is 3. The zero-order valence-electron chi connectivity index (χ0n) is 10.3. The van der Waals surface area contributed by atoms with Gasteiger partial charge in [-0.05, 0) is 40.2 Å². The number of benzene rings is 1. The number of alkyl halides is 3. The summed E-state index contributed by atoms with van der Waals surface area (Å²) in [6.07, 6.45) is 0.606. The van der Waals surface area contributed by atoms with Crippen LogP contribution in [-0.4, -0.2) is 14.4 Å². The Labute approximate surface area is 125 Å². The Morgan fingerprint density at radius 2 is 1.86 bits per heavy atom. The average Bonchev–Trinajstić information content (AvgIpc) is 2.86. The summed E-state index contributed by atoms with van der Waals surface area (Å²) >= 11 is 3.23. The van der Waals surface area contributed by atoms with E-state index in [4.69, 9.17) is 4.74 Å². The van der Waals surface area contributed by atoms with Gasteiger partial charge in [0, 0.05) is 18.6 Å². The maximum absolute atomic E-state index is 12.5. The fraction of sp³-hybridized carbons (Fsp3) is 0.0769. The van der Waals surface area contributed by atoms with Gasteiger partial charge >= 0.3 is 6.18 Å². The molecule has 0 N–H and O–H groups in total. The van der Waals surface area contributed by atoms with E-state index in [1.54, 1.807) is 23.0 Å². The minimum Gasteiger partial charge on any atom is -0.436 e. The van der Waals surface area contributed by atoms with Gasteiger partial charge in [-0.25, -0.2) is 9.97 Å². The topological polar surface area (TPSA) is 39.4 Å². The molecule has 0 aliphatic carbocycles. The van der Waals surface area contributed by atoms with Crippen LogP contribution in [0.15, 0.2) is 47.5 Å². The zero-order valence-corrected chi connectivity index (χ0v) is 11.9. The molecular formula is C13H7BrF3N3O. The van der Waals surface area contributed by atoms with E-state index in [-0.39, 0.29) is 11.6 Å². The molecule has 0 amide bonds. The molecule has 0 atom stereocenters. The average molecular weight is 358 g/mol.